The molecule has 5 rings (SSSR count). The fourth-order valence-electron chi connectivity index (χ4n) is 5.29. The Kier molecular flexibility index (Phi) is 5.69. The number of aliphatic hydroxyl groups excluding tert-OH is 1. The van der Waals surface area contributed by atoms with E-state index < -0.39 is 6.41 Å². The number of nitrogens with zero attached hydrogens (tertiary/aromatic N) is 3. The van der Waals surface area contributed by atoms with Gasteiger partial charge in [0.05, 0.1) is 11.0 Å². The molecular weight excluding hydrogens is 388 g/mol. The van der Waals surface area contributed by atoms with Crippen LogP contribution in [0.5, 0.6) is 0 Å². The number of fused-ring (bicyclic) bond motifs is 3. The van der Waals surface area contributed by atoms with E-state index in [4.69, 9.17) is 9.72 Å². The van der Waals surface area contributed by atoms with E-state index in [0.29, 0.717) is 6.04 Å². The van der Waals surface area contributed by atoms with Gasteiger partial charge in [-0.3, -0.25) is 0 Å². The van der Waals surface area contributed by atoms with Gasteiger partial charge in [0, 0.05) is 43.4 Å². The zero-order chi connectivity index (χ0) is 21.4. The van der Waals surface area contributed by atoms with Crippen molar-refractivity contribution in [2.24, 2.45) is 0 Å². The van der Waals surface area contributed by atoms with E-state index in [-0.39, 0.29) is 6.04 Å². The number of aryl methyl sites for hydroxylation is 1. The van der Waals surface area contributed by atoms with E-state index in [1.807, 2.05) is 4.90 Å². The molecule has 3 heterocycles. The predicted octanol–water partition coefficient (Wildman–Crippen LogP) is 3.62. The summed E-state index contributed by atoms with van der Waals surface area (Å²) < 4.78 is 7.76. The Morgan fingerprint density at radius 3 is 2.77 bits per heavy atom. The summed E-state index contributed by atoms with van der Waals surface area (Å²) in [6, 6.07) is 15.6. The predicted molar refractivity (Wildman–Crippen MR) is 123 cm³/mol. The molecule has 0 aliphatic carbocycles. The van der Waals surface area contributed by atoms with Crippen molar-refractivity contribution in [1.82, 2.24) is 14.9 Å². The average Bonchev–Trinajstić information content (AvgIpc) is 3.17. The molecule has 0 saturated carbocycles. The molecule has 2 aliphatic heterocycles. The number of methoxy groups -OCH3 is 1. The minimum Gasteiger partial charge on any atom is -0.351 e. The lowest BCUT2D eigenvalue weighted by Crippen LogP contribution is -2.45. The summed E-state index contributed by atoms with van der Waals surface area (Å²) in [6.45, 7) is 4.21. The highest BCUT2D eigenvalue weighted by Gasteiger charge is 2.31. The minimum atomic E-state index is -0.945. The lowest BCUT2D eigenvalue weighted by atomic mass is 9.95. The number of aliphatic hydroxyl groups is 1. The van der Waals surface area contributed by atoms with Gasteiger partial charge < -0.3 is 24.6 Å². The number of hydrogen-bond acceptors (Lipinski definition) is 5. The van der Waals surface area contributed by atoms with Gasteiger partial charge in [0.1, 0.15) is 5.82 Å². The number of benzene rings is 2. The SMILES string of the molecule is COC(O)N1c2ccc3c(nc(Cc4ccccc4)n3[C@H]3CCCNC3)c2CC[C@@H]1C. The van der Waals surface area contributed by atoms with Crippen molar-refractivity contribution < 1.29 is 9.84 Å². The van der Waals surface area contributed by atoms with E-state index in [2.05, 4.69) is 59.3 Å². The summed E-state index contributed by atoms with van der Waals surface area (Å²) in [7, 11) is 1.55. The molecule has 164 valence electrons. The smallest absolute Gasteiger partial charge is 0.237 e. The number of anilines is 1. The van der Waals surface area contributed by atoms with Crippen LogP contribution in [-0.2, 0) is 17.6 Å². The summed E-state index contributed by atoms with van der Waals surface area (Å²) in [5.74, 6) is 1.13. The molecule has 6 nitrogen and oxygen atoms in total. The molecule has 0 spiro atoms. The maximum absolute atomic E-state index is 10.5. The highest BCUT2D eigenvalue weighted by atomic mass is 16.6. The lowest BCUT2D eigenvalue weighted by Gasteiger charge is -2.39. The molecule has 6 heteroatoms. The number of hydrogen-bond donors (Lipinski definition) is 2. The molecule has 0 bridgehead atoms. The fourth-order valence-corrected chi connectivity index (χ4v) is 5.29. The Morgan fingerprint density at radius 1 is 1.19 bits per heavy atom. The van der Waals surface area contributed by atoms with Gasteiger partial charge in [0.2, 0.25) is 6.41 Å². The molecule has 1 saturated heterocycles. The molecule has 0 radical (unpaired) electrons. The Labute approximate surface area is 183 Å². The molecule has 1 fully saturated rings. The molecule has 0 amide bonds. The van der Waals surface area contributed by atoms with Crippen LogP contribution in [0, 0.1) is 0 Å². The van der Waals surface area contributed by atoms with Gasteiger partial charge in [-0.1, -0.05) is 30.3 Å². The lowest BCUT2D eigenvalue weighted by molar-refractivity contribution is -0.0794. The summed E-state index contributed by atoms with van der Waals surface area (Å²) >= 11 is 0. The van der Waals surface area contributed by atoms with Crippen LogP contribution in [0.2, 0.25) is 0 Å². The van der Waals surface area contributed by atoms with E-state index in [1.54, 1.807) is 7.11 Å². The maximum Gasteiger partial charge on any atom is 0.237 e. The van der Waals surface area contributed by atoms with E-state index in [0.717, 1.165) is 49.4 Å². The third-order valence-electron chi connectivity index (χ3n) is 6.87. The Hall–Kier alpha value is -2.41. The van der Waals surface area contributed by atoms with Gasteiger partial charge >= 0.3 is 0 Å². The first-order valence-corrected chi connectivity index (χ1v) is 11.4. The zero-order valence-electron chi connectivity index (χ0n) is 18.4. The van der Waals surface area contributed by atoms with Crippen LogP contribution in [0.15, 0.2) is 42.5 Å². The number of ether oxygens (including phenoxy) is 1. The number of piperidine rings is 1. The fraction of sp³-hybridized carbons (Fsp3) is 0.480. The third kappa shape index (κ3) is 3.73. The van der Waals surface area contributed by atoms with Crippen molar-refractivity contribution in [3.8, 4) is 0 Å². The van der Waals surface area contributed by atoms with Crippen LogP contribution in [0.3, 0.4) is 0 Å². The largest absolute Gasteiger partial charge is 0.351 e. The van der Waals surface area contributed by atoms with Crippen molar-refractivity contribution in [2.75, 3.05) is 25.1 Å². The topological polar surface area (TPSA) is 62.6 Å². The normalized spacial score (nSPS) is 22.5. The average molecular weight is 421 g/mol. The molecule has 2 N–H and O–H groups in total. The van der Waals surface area contributed by atoms with Crippen molar-refractivity contribution in [1.29, 1.82) is 0 Å². The number of aromatic nitrogens is 2. The summed E-state index contributed by atoms with van der Waals surface area (Å²) in [5.41, 5.74) is 5.83. The second-order valence-corrected chi connectivity index (χ2v) is 8.85. The van der Waals surface area contributed by atoms with Gasteiger partial charge in [-0.2, -0.15) is 0 Å². The molecule has 31 heavy (non-hydrogen) atoms. The quantitative estimate of drug-likeness (QED) is 0.618. The van der Waals surface area contributed by atoms with Gasteiger partial charge in [0.25, 0.3) is 0 Å². The first-order chi connectivity index (χ1) is 15.2. The zero-order valence-corrected chi connectivity index (χ0v) is 18.4. The monoisotopic (exact) mass is 420 g/mol. The van der Waals surface area contributed by atoms with Crippen LogP contribution in [-0.4, -0.2) is 47.3 Å². The van der Waals surface area contributed by atoms with Crippen LogP contribution in [0.4, 0.5) is 5.69 Å². The minimum absolute atomic E-state index is 0.216. The van der Waals surface area contributed by atoms with E-state index in [1.165, 1.54) is 29.5 Å². The third-order valence-corrected chi connectivity index (χ3v) is 6.87. The molecule has 2 aliphatic rings. The highest BCUT2D eigenvalue weighted by Crippen LogP contribution is 2.38. The molecule has 2 aromatic carbocycles. The molecule has 3 atom stereocenters. The first-order valence-electron chi connectivity index (χ1n) is 11.4. The van der Waals surface area contributed by atoms with Crippen molar-refractivity contribution in [3.05, 3.63) is 59.4 Å². The van der Waals surface area contributed by atoms with Gasteiger partial charge in [-0.25, -0.2) is 4.98 Å². The first kappa shape index (κ1) is 20.5. The van der Waals surface area contributed by atoms with Crippen molar-refractivity contribution in [3.63, 3.8) is 0 Å². The van der Waals surface area contributed by atoms with Crippen LogP contribution in [0.1, 0.15) is 49.2 Å². The molecular formula is C25H32N4O2. The Morgan fingerprint density at radius 2 is 2.03 bits per heavy atom. The highest BCUT2D eigenvalue weighted by molar-refractivity contribution is 5.86. The number of nitrogens with one attached hydrogen (secondary N) is 1. The maximum atomic E-state index is 10.5. The van der Waals surface area contributed by atoms with Crippen molar-refractivity contribution >= 4 is 16.7 Å². The van der Waals surface area contributed by atoms with Gasteiger partial charge in [-0.15, -0.1) is 0 Å². The number of rotatable bonds is 5. The van der Waals surface area contributed by atoms with Gasteiger partial charge in [0.15, 0.2) is 0 Å². The van der Waals surface area contributed by atoms with Crippen LogP contribution in [0.25, 0.3) is 11.0 Å². The van der Waals surface area contributed by atoms with E-state index >= 15 is 0 Å². The van der Waals surface area contributed by atoms with Crippen LogP contribution >= 0.6 is 0 Å². The summed E-state index contributed by atoms with van der Waals surface area (Å²) in [5, 5.41) is 14.1. The summed E-state index contributed by atoms with van der Waals surface area (Å²) in [4.78, 5) is 7.21. The molecule has 1 aromatic heterocycles. The second kappa shape index (κ2) is 8.61. The number of imidazole rings is 1. The van der Waals surface area contributed by atoms with E-state index in [9.17, 15) is 5.11 Å². The second-order valence-electron chi connectivity index (χ2n) is 8.85. The Balaban J connectivity index is 1.65. The van der Waals surface area contributed by atoms with Crippen molar-refractivity contribution in [2.45, 2.75) is 57.5 Å². The summed E-state index contributed by atoms with van der Waals surface area (Å²) in [6.07, 6.45) is 4.17. The van der Waals surface area contributed by atoms with Gasteiger partial charge in [-0.05, 0) is 56.8 Å². The van der Waals surface area contributed by atoms with Crippen LogP contribution < -0.4 is 10.2 Å². The molecule has 1 unspecified atom stereocenters. The Bertz CT molecular complexity index is 1040. The standard InChI is InChI=1S/C25H32N4O2/c1-17-10-11-20-21(28(17)25(30)31-2)12-13-22-24(20)27-23(15-18-7-4-3-5-8-18)29(22)19-9-6-14-26-16-19/h3-5,7-8,12-13,17,19,25-26,30H,6,9-11,14-16H2,1-2H3/t17-,19-,25?/m0/s1. The molecule has 3 aromatic rings.